The summed E-state index contributed by atoms with van der Waals surface area (Å²) in [6.07, 6.45) is 0. The van der Waals surface area contributed by atoms with Gasteiger partial charge < -0.3 is 4.74 Å². The highest BCUT2D eigenvalue weighted by Crippen LogP contribution is 2.21. The molecule has 1 aromatic rings. The van der Waals surface area contributed by atoms with E-state index in [1.165, 1.54) is 6.92 Å². The van der Waals surface area contributed by atoms with Gasteiger partial charge in [-0.1, -0.05) is 23.7 Å². The Kier molecular flexibility index (Phi) is 3.46. The number of carbonyl (C=O) groups excluding carboxylic acids is 1. The SMILES string of the molecule is COCc1cccc(Cl)c1C(C)=O. The van der Waals surface area contributed by atoms with E-state index >= 15 is 0 Å². The van der Waals surface area contributed by atoms with Crippen LogP contribution in [0.5, 0.6) is 0 Å². The fourth-order valence-corrected chi connectivity index (χ4v) is 1.57. The molecular weight excluding hydrogens is 188 g/mol. The van der Waals surface area contributed by atoms with Crippen LogP contribution in [0.3, 0.4) is 0 Å². The summed E-state index contributed by atoms with van der Waals surface area (Å²) in [5, 5.41) is 0.488. The Hall–Kier alpha value is -0.860. The molecule has 0 fully saturated rings. The van der Waals surface area contributed by atoms with Crippen LogP contribution in [-0.2, 0) is 11.3 Å². The Bertz CT molecular complexity index is 321. The van der Waals surface area contributed by atoms with E-state index in [2.05, 4.69) is 0 Å². The molecule has 0 heterocycles. The Morgan fingerprint density at radius 3 is 2.77 bits per heavy atom. The Labute approximate surface area is 82.5 Å². The molecular formula is C10H11ClO2. The second-order valence-corrected chi connectivity index (χ2v) is 3.17. The number of hydrogen-bond donors (Lipinski definition) is 0. The van der Waals surface area contributed by atoms with Crippen LogP contribution in [0.1, 0.15) is 22.8 Å². The van der Waals surface area contributed by atoms with Gasteiger partial charge in [0.05, 0.1) is 11.6 Å². The minimum atomic E-state index is -0.0300. The van der Waals surface area contributed by atoms with Crippen molar-refractivity contribution in [1.29, 1.82) is 0 Å². The highest BCUT2D eigenvalue weighted by Gasteiger charge is 2.10. The van der Waals surface area contributed by atoms with Crippen LogP contribution in [0, 0.1) is 0 Å². The number of rotatable bonds is 3. The molecule has 0 unspecified atom stereocenters. The zero-order valence-corrected chi connectivity index (χ0v) is 8.39. The maximum absolute atomic E-state index is 11.2. The minimum absolute atomic E-state index is 0.0300. The quantitative estimate of drug-likeness (QED) is 0.699. The molecule has 0 radical (unpaired) electrons. The van der Waals surface area contributed by atoms with Crippen molar-refractivity contribution in [3.63, 3.8) is 0 Å². The predicted octanol–water partition coefficient (Wildman–Crippen LogP) is 2.69. The molecule has 0 aromatic heterocycles. The first kappa shape index (κ1) is 10.2. The number of benzene rings is 1. The van der Waals surface area contributed by atoms with Gasteiger partial charge in [-0.2, -0.15) is 0 Å². The molecule has 0 saturated carbocycles. The predicted molar refractivity (Wildman–Crippen MR) is 52.2 cm³/mol. The molecule has 0 amide bonds. The molecule has 1 aromatic carbocycles. The van der Waals surface area contributed by atoms with Crippen molar-refractivity contribution in [2.24, 2.45) is 0 Å². The highest BCUT2D eigenvalue weighted by molar-refractivity contribution is 6.34. The molecule has 0 spiro atoms. The average Bonchev–Trinajstić information content (AvgIpc) is 2.04. The van der Waals surface area contributed by atoms with Crippen LogP contribution in [0.4, 0.5) is 0 Å². The normalized spacial score (nSPS) is 10.1. The topological polar surface area (TPSA) is 26.3 Å². The lowest BCUT2D eigenvalue weighted by atomic mass is 10.1. The Morgan fingerprint density at radius 2 is 2.23 bits per heavy atom. The molecule has 70 valence electrons. The molecule has 0 aliphatic rings. The summed E-state index contributed by atoms with van der Waals surface area (Å²) in [6.45, 7) is 1.91. The summed E-state index contributed by atoms with van der Waals surface area (Å²) in [5.41, 5.74) is 1.40. The number of ketones is 1. The number of methoxy groups -OCH3 is 1. The lowest BCUT2D eigenvalue weighted by Crippen LogP contribution is -2.01. The molecule has 0 bridgehead atoms. The van der Waals surface area contributed by atoms with Gasteiger partial charge in [0.2, 0.25) is 0 Å². The number of hydrogen-bond acceptors (Lipinski definition) is 2. The molecule has 13 heavy (non-hydrogen) atoms. The van der Waals surface area contributed by atoms with Crippen LogP contribution >= 0.6 is 11.6 Å². The fourth-order valence-electron chi connectivity index (χ4n) is 1.24. The van der Waals surface area contributed by atoms with Crippen molar-refractivity contribution in [2.75, 3.05) is 7.11 Å². The summed E-state index contributed by atoms with van der Waals surface area (Å²) in [6, 6.07) is 5.35. The van der Waals surface area contributed by atoms with Crippen molar-refractivity contribution in [3.8, 4) is 0 Å². The number of Topliss-reactive ketones (excluding diaryl/α,β-unsaturated/α-hetero) is 1. The number of carbonyl (C=O) groups is 1. The molecule has 0 saturated heterocycles. The average molecular weight is 199 g/mol. The first-order valence-corrected chi connectivity index (χ1v) is 4.32. The van der Waals surface area contributed by atoms with Gasteiger partial charge in [-0.25, -0.2) is 0 Å². The standard InChI is InChI=1S/C10H11ClO2/c1-7(12)10-8(6-13-2)4-3-5-9(10)11/h3-5H,6H2,1-2H3. The maximum atomic E-state index is 11.2. The van der Waals surface area contributed by atoms with E-state index in [4.69, 9.17) is 16.3 Å². The zero-order valence-electron chi connectivity index (χ0n) is 7.63. The van der Waals surface area contributed by atoms with E-state index in [1.807, 2.05) is 12.1 Å². The van der Waals surface area contributed by atoms with E-state index in [1.54, 1.807) is 13.2 Å². The summed E-state index contributed by atoms with van der Waals surface area (Å²) < 4.78 is 4.96. The van der Waals surface area contributed by atoms with Crippen LogP contribution in [0.15, 0.2) is 18.2 Å². The lowest BCUT2D eigenvalue weighted by Gasteiger charge is -2.06. The first-order chi connectivity index (χ1) is 6.16. The van der Waals surface area contributed by atoms with Crippen molar-refractivity contribution < 1.29 is 9.53 Å². The Morgan fingerprint density at radius 1 is 1.54 bits per heavy atom. The lowest BCUT2D eigenvalue weighted by molar-refractivity contribution is 0.101. The third kappa shape index (κ3) is 2.29. The number of halogens is 1. The monoisotopic (exact) mass is 198 g/mol. The zero-order chi connectivity index (χ0) is 9.84. The largest absolute Gasteiger partial charge is 0.380 e. The molecule has 2 nitrogen and oxygen atoms in total. The van der Waals surface area contributed by atoms with Gasteiger partial charge >= 0.3 is 0 Å². The highest BCUT2D eigenvalue weighted by atomic mass is 35.5. The first-order valence-electron chi connectivity index (χ1n) is 3.94. The fraction of sp³-hybridized carbons (Fsp3) is 0.300. The van der Waals surface area contributed by atoms with Crippen LogP contribution in [0.2, 0.25) is 5.02 Å². The second kappa shape index (κ2) is 4.40. The second-order valence-electron chi connectivity index (χ2n) is 2.76. The minimum Gasteiger partial charge on any atom is -0.380 e. The van der Waals surface area contributed by atoms with Gasteiger partial charge in [0.1, 0.15) is 0 Å². The van der Waals surface area contributed by atoms with E-state index < -0.39 is 0 Å². The van der Waals surface area contributed by atoms with Crippen LogP contribution in [0.25, 0.3) is 0 Å². The molecule has 0 atom stereocenters. The van der Waals surface area contributed by atoms with Gasteiger partial charge in [0, 0.05) is 12.7 Å². The molecule has 0 aliphatic heterocycles. The van der Waals surface area contributed by atoms with Gasteiger partial charge in [-0.05, 0) is 18.6 Å². The maximum Gasteiger partial charge on any atom is 0.161 e. The van der Waals surface area contributed by atoms with E-state index in [-0.39, 0.29) is 5.78 Å². The van der Waals surface area contributed by atoms with Crippen LogP contribution in [-0.4, -0.2) is 12.9 Å². The molecule has 0 aliphatic carbocycles. The van der Waals surface area contributed by atoms with Crippen LogP contribution < -0.4 is 0 Å². The van der Waals surface area contributed by atoms with E-state index in [0.29, 0.717) is 17.2 Å². The van der Waals surface area contributed by atoms with Gasteiger partial charge in [-0.15, -0.1) is 0 Å². The van der Waals surface area contributed by atoms with Crippen molar-refractivity contribution in [1.82, 2.24) is 0 Å². The Balaban J connectivity index is 3.17. The summed E-state index contributed by atoms with van der Waals surface area (Å²) in [7, 11) is 1.59. The van der Waals surface area contributed by atoms with E-state index in [0.717, 1.165) is 5.56 Å². The summed E-state index contributed by atoms with van der Waals surface area (Å²) in [5.74, 6) is -0.0300. The van der Waals surface area contributed by atoms with Gasteiger partial charge in [0.25, 0.3) is 0 Å². The van der Waals surface area contributed by atoms with Gasteiger partial charge in [0.15, 0.2) is 5.78 Å². The molecule has 1 rings (SSSR count). The van der Waals surface area contributed by atoms with E-state index in [9.17, 15) is 4.79 Å². The number of ether oxygens (including phenoxy) is 1. The third-order valence-electron chi connectivity index (χ3n) is 1.75. The van der Waals surface area contributed by atoms with Crippen molar-refractivity contribution in [2.45, 2.75) is 13.5 Å². The third-order valence-corrected chi connectivity index (χ3v) is 2.07. The molecule has 3 heteroatoms. The molecule has 0 N–H and O–H groups in total. The van der Waals surface area contributed by atoms with Gasteiger partial charge in [-0.3, -0.25) is 4.79 Å². The van der Waals surface area contributed by atoms with Crippen molar-refractivity contribution in [3.05, 3.63) is 34.3 Å². The summed E-state index contributed by atoms with van der Waals surface area (Å²) >= 11 is 5.88. The summed E-state index contributed by atoms with van der Waals surface area (Å²) in [4.78, 5) is 11.2. The van der Waals surface area contributed by atoms with Crippen molar-refractivity contribution >= 4 is 17.4 Å². The smallest absolute Gasteiger partial charge is 0.161 e.